The molecular weight excluding hydrogens is 745 g/mol. The van der Waals surface area contributed by atoms with Crippen LogP contribution in [-0.4, -0.2) is 93.3 Å². The van der Waals surface area contributed by atoms with Crippen LogP contribution in [0.25, 0.3) is 0 Å². The number of urea groups is 1. The lowest BCUT2D eigenvalue weighted by atomic mass is 10.1. The van der Waals surface area contributed by atoms with Crippen molar-refractivity contribution in [3.63, 3.8) is 0 Å². The molecule has 0 spiro atoms. The van der Waals surface area contributed by atoms with Gasteiger partial charge in [0.2, 0.25) is 5.79 Å². The summed E-state index contributed by atoms with van der Waals surface area (Å²) in [5.41, 5.74) is 4.39. The highest BCUT2D eigenvalue weighted by atomic mass is 35.5. The van der Waals surface area contributed by atoms with Crippen molar-refractivity contribution in [3.05, 3.63) is 125 Å². The average Bonchev–Trinajstić information content (AvgIpc) is 3.89. The molecular formula is C40H43Cl2N7O6. The first-order chi connectivity index (χ1) is 26.8. The van der Waals surface area contributed by atoms with Gasteiger partial charge in [-0.15, -0.1) is 0 Å². The maximum Gasteiger partial charge on any atom is 0.326 e. The number of ether oxygens (including phenoxy) is 5. The van der Waals surface area contributed by atoms with Crippen LogP contribution in [0.5, 0.6) is 5.75 Å². The predicted molar refractivity (Wildman–Crippen MR) is 212 cm³/mol. The molecule has 0 saturated carbocycles. The molecule has 55 heavy (non-hydrogen) atoms. The monoisotopic (exact) mass is 787 g/mol. The van der Waals surface area contributed by atoms with Crippen LogP contribution in [0.1, 0.15) is 5.56 Å². The lowest BCUT2D eigenvalue weighted by molar-refractivity contribution is -0.190. The lowest BCUT2D eigenvalue weighted by Crippen LogP contribution is -2.46. The Balaban J connectivity index is 0.925. The van der Waals surface area contributed by atoms with E-state index in [-0.39, 0.29) is 31.8 Å². The number of piperazine rings is 1. The zero-order valence-electron chi connectivity index (χ0n) is 30.6. The number of hydrogen-bond acceptors (Lipinski definition) is 10. The van der Waals surface area contributed by atoms with Crippen LogP contribution in [0.4, 0.5) is 27.5 Å². The van der Waals surface area contributed by atoms with Gasteiger partial charge in [0.15, 0.2) is 6.29 Å². The van der Waals surface area contributed by atoms with Crippen molar-refractivity contribution in [2.75, 3.05) is 74.9 Å². The summed E-state index contributed by atoms with van der Waals surface area (Å²) in [7, 11) is 3.08. The Bertz CT molecular complexity index is 1980. The highest BCUT2D eigenvalue weighted by Gasteiger charge is 2.45. The summed E-state index contributed by atoms with van der Waals surface area (Å²) in [6, 6.07) is 30.7. The van der Waals surface area contributed by atoms with E-state index < -0.39 is 12.1 Å². The lowest BCUT2D eigenvalue weighted by Gasteiger charge is -2.37. The Morgan fingerprint density at radius 2 is 1.56 bits per heavy atom. The molecule has 7 rings (SSSR count). The van der Waals surface area contributed by atoms with Gasteiger partial charge in [0.1, 0.15) is 37.7 Å². The summed E-state index contributed by atoms with van der Waals surface area (Å²) < 4.78 is 31.1. The standard InChI is InChI=1S/C40H43Cl2N7O6/c1-51-38(52-2)23-44-39(50)49(32-6-4-3-5-7-32)33-11-9-30(10-12-33)46-18-20-47(21-19-46)31-13-15-34(16-14-31)53-24-35-25-54-40(55-35,26-48-28-43-27-45-48)36-17-8-29(41)22-37(36)42/h3-17,22,27-28,35,38H,18-21,23-26H2,1-2H3,(H,44,50)/t35-,40-/m1/s1. The molecule has 15 heteroatoms. The first-order valence-corrected chi connectivity index (χ1v) is 18.7. The van der Waals surface area contributed by atoms with E-state index in [0.717, 1.165) is 54.7 Å². The number of benzene rings is 4. The molecule has 4 aromatic carbocycles. The van der Waals surface area contributed by atoms with Gasteiger partial charge in [0.05, 0.1) is 29.5 Å². The molecule has 1 aromatic heterocycles. The number of carbonyl (C=O) groups excluding carboxylic acids is 1. The summed E-state index contributed by atoms with van der Waals surface area (Å²) in [6.07, 6.45) is 2.18. The van der Waals surface area contributed by atoms with E-state index in [1.165, 1.54) is 20.5 Å². The molecule has 288 valence electrons. The molecule has 2 saturated heterocycles. The van der Waals surface area contributed by atoms with Gasteiger partial charge in [-0.3, -0.25) is 4.90 Å². The third-order valence-corrected chi connectivity index (χ3v) is 10.1. The Kier molecular flexibility index (Phi) is 12.4. The maximum atomic E-state index is 13.4. The molecule has 2 atom stereocenters. The van der Waals surface area contributed by atoms with Gasteiger partial charge in [-0.25, -0.2) is 14.5 Å². The Morgan fingerprint density at radius 1 is 0.909 bits per heavy atom. The number of halogens is 2. The van der Waals surface area contributed by atoms with E-state index in [1.54, 1.807) is 28.0 Å². The predicted octanol–water partition coefficient (Wildman–Crippen LogP) is 6.73. The van der Waals surface area contributed by atoms with Crippen molar-refractivity contribution in [1.29, 1.82) is 0 Å². The minimum Gasteiger partial charge on any atom is -0.491 e. The number of hydrogen-bond donors (Lipinski definition) is 1. The van der Waals surface area contributed by atoms with Gasteiger partial charge in [0, 0.05) is 62.4 Å². The van der Waals surface area contributed by atoms with E-state index in [2.05, 4.69) is 49.5 Å². The van der Waals surface area contributed by atoms with Gasteiger partial charge >= 0.3 is 6.03 Å². The molecule has 2 fully saturated rings. The zero-order chi connectivity index (χ0) is 38.2. The van der Waals surface area contributed by atoms with Crippen LogP contribution in [-0.2, 0) is 31.3 Å². The van der Waals surface area contributed by atoms with E-state index in [4.69, 9.17) is 46.9 Å². The summed E-state index contributed by atoms with van der Waals surface area (Å²) in [4.78, 5) is 23.8. The Morgan fingerprint density at radius 3 is 2.18 bits per heavy atom. The molecule has 13 nitrogen and oxygen atoms in total. The number of carbonyl (C=O) groups is 1. The minimum absolute atomic E-state index is 0.215. The van der Waals surface area contributed by atoms with Crippen molar-refractivity contribution in [1.82, 2.24) is 20.1 Å². The summed E-state index contributed by atoms with van der Waals surface area (Å²) in [6.45, 7) is 4.48. The van der Waals surface area contributed by atoms with Gasteiger partial charge < -0.3 is 38.8 Å². The molecule has 3 heterocycles. The van der Waals surface area contributed by atoms with Crippen LogP contribution >= 0.6 is 23.2 Å². The van der Waals surface area contributed by atoms with Crippen LogP contribution in [0, 0.1) is 0 Å². The van der Waals surface area contributed by atoms with E-state index >= 15 is 0 Å². The molecule has 0 bridgehead atoms. The first kappa shape index (κ1) is 38.4. The van der Waals surface area contributed by atoms with Crippen molar-refractivity contribution in [2.24, 2.45) is 0 Å². The van der Waals surface area contributed by atoms with Gasteiger partial charge in [0.25, 0.3) is 0 Å². The van der Waals surface area contributed by atoms with E-state index in [1.807, 2.05) is 60.7 Å². The van der Waals surface area contributed by atoms with Gasteiger partial charge in [-0.2, -0.15) is 5.10 Å². The summed E-state index contributed by atoms with van der Waals surface area (Å²) >= 11 is 12.8. The second-order valence-corrected chi connectivity index (χ2v) is 13.9. The summed E-state index contributed by atoms with van der Waals surface area (Å²) in [5, 5.41) is 8.11. The summed E-state index contributed by atoms with van der Waals surface area (Å²) in [5.74, 6) is -0.435. The molecule has 0 aliphatic carbocycles. The minimum atomic E-state index is -1.17. The third kappa shape index (κ3) is 9.16. The molecule has 2 aliphatic heterocycles. The first-order valence-electron chi connectivity index (χ1n) is 18.0. The fourth-order valence-electron chi connectivity index (χ4n) is 6.73. The Labute approximate surface area is 330 Å². The molecule has 0 radical (unpaired) electrons. The normalized spacial score (nSPS) is 18.5. The van der Waals surface area contributed by atoms with Gasteiger partial charge in [-0.1, -0.05) is 47.5 Å². The number of rotatable bonds is 14. The van der Waals surface area contributed by atoms with E-state index in [9.17, 15) is 4.79 Å². The Hall–Kier alpha value is -4.89. The quantitative estimate of drug-likeness (QED) is 0.122. The fraction of sp³-hybridized carbons (Fsp3) is 0.325. The smallest absolute Gasteiger partial charge is 0.326 e. The molecule has 2 aliphatic rings. The number of anilines is 4. The maximum absolute atomic E-state index is 13.4. The van der Waals surface area contributed by atoms with Crippen LogP contribution < -0.4 is 24.8 Å². The number of para-hydroxylation sites is 1. The SMILES string of the molecule is COC(CNC(=O)N(c1ccccc1)c1ccc(N2CCN(c3ccc(OC[C@@H]4CO[C@@](Cn5cncn5)(c5ccc(Cl)cc5Cl)O4)cc3)CC2)cc1)OC. The van der Waals surface area contributed by atoms with Crippen LogP contribution in [0.2, 0.25) is 10.0 Å². The molecule has 2 amide bonds. The van der Waals surface area contributed by atoms with Crippen molar-refractivity contribution >= 4 is 52.0 Å². The zero-order valence-corrected chi connectivity index (χ0v) is 32.1. The second kappa shape index (κ2) is 17.7. The number of nitrogens with zero attached hydrogens (tertiary/aromatic N) is 6. The number of amides is 2. The molecule has 1 N–H and O–H groups in total. The number of nitrogens with one attached hydrogen (secondary N) is 1. The molecule has 5 aromatic rings. The molecule has 0 unspecified atom stereocenters. The van der Waals surface area contributed by atoms with E-state index in [0.29, 0.717) is 22.2 Å². The van der Waals surface area contributed by atoms with Crippen molar-refractivity contribution < 1.29 is 28.5 Å². The topological polar surface area (TPSA) is 116 Å². The van der Waals surface area contributed by atoms with Gasteiger partial charge in [-0.05, 0) is 72.8 Å². The van der Waals surface area contributed by atoms with Crippen LogP contribution in [0.15, 0.2) is 110 Å². The number of aromatic nitrogens is 3. The van der Waals surface area contributed by atoms with Crippen molar-refractivity contribution in [2.45, 2.75) is 24.7 Å². The van der Waals surface area contributed by atoms with Crippen LogP contribution in [0.3, 0.4) is 0 Å². The fourth-order valence-corrected chi connectivity index (χ4v) is 7.29. The average molecular weight is 789 g/mol. The number of methoxy groups -OCH3 is 2. The highest BCUT2D eigenvalue weighted by Crippen LogP contribution is 2.40. The van der Waals surface area contributed by atoms with Crippen molar-refractivity contribution in [3.8, 4) is 5.75 Å². The highest BCUT2D eigenvalue weighted by molar-refractivity contribution is 6.35. The second-order valence-electron chi connectivity index (χ2n) is 13.1. The third-order valence-electron chi connectivity index (χ3n) is 9.59. The largest absolute Gasteiger partial charge is 0.491 e.